The predicted molar refractivity (Wildman–Crippen MR) is 156 cm³/mol. The van der Waals surface area contributed by atoms with E-state index in [1.807, 2.05) is 47.4 Å². The summed E-state index contributed by atoms with van der Waals surface area (Å²) >= 11 is 0. The number of cyclic esters (lactones) is 1. The number of hydrogen-bond donors (Lipinski definition) is 2. The molecule has 1 saturated carbocycles. The van der Waals surface area contributed by atoms with Gasteiger partial charge in [-0.3, -0.25) is 19.2 Å². The summed E-state index contributed by atoms with van der Waals surface area (Å²) in [5.74, 6) is -3.19. The molecule has 1 aliphatic carbocycles. The van der Waals surface area contributed by atoms with Gasteiger partial charge in [-0.2, -0.15) is 0 Å². The first kappa shape index (κ1) is 29.6. The van der Waals surface area contributed by atoms with Crippen LogP contribution in [0.15, 0.2) is 54.6 Å². The topological polar surface area (TPSA) is 125 Å². The highest BCUT2D eigenvalue weighted by Gasteiger charge is 2.73. The van der Waals surface area contributed by atoms with Gasteiger partial charge in [-0.1, -0.05) is 73.9 Å². The Morgan fingerprint density at radius 3 is 2.56 bits per heavy atom. The molecule has 4 aliphatic heterocycles. The third kappa shape index (κ3) is 5.29. The van der Waals surface area contributed by atoms with E-state index in [4.69, 9.17) is 9.47 Å². The van der Waals surface area contributed by atoms with Crippen molar-refractivity contribution in [1.82, 2.24) is 15.1 Å². The monoisotopic (exact) mass is 591 g/mol. The Morgan fingerprint density at radius 2 is 1.81 bits per heavy atom. The van der Waals surface area contributed by atoms with Crippen molar-refractivity contribution in [3.63, 3.8) is 0 Å². The number of carbonyl (C=O) groups excluding carboxylic acids is 4. The summed E-state index contributed by atoms with van der Waals surface area (Å²) in [5, 5.41) is 13.2. The lowest BCUT2D eigenvalue weighted by atomic mass is 9.74. The van der Waals surface area contributed by atoms with E-state index in [0.717, 1.165) is 37.7 Å². The fraction of sp³-hybridized carbons (Fsp3) is 0.576. The molecule has 10 nitrogen and oxygen atoms in total. The van der Waals surface area contributed by atoms with Crippen molar-refractivity contribution in [2.24, 2.45) is 11.8 Å². The number of ether oxygens (including phenoxy) is 2. The molecule has 43 heavy (non-hydrogen) atoms. The highest BCUT2D eigenvalue weighted by Crippen LogP contribution is 2.56. The number of fused-ring (bicyclic) bond motifs is 2. The molecule has 5 aliphatic rings. The maximum Gasteiger partial charge on any atom is 0.306 e. The van der Waals surface area contributed by atoms with E-state index in [2.05, 4.69) is 5.32 Å². The van der Waals surface area contributed by atoms with Gasteiger partial charge < -0.3 is 29.7 Å². The number of benzene rings is 1. The van der Waals surface area contributed by atoms with Gasteiger partial charge in [0.1, 0.15) is 18.2 Å². The first-order chi connectivity index (χ1) is 20.9. The lowest BCUT2D eigenvalue weighted by Crippen LogP contribution is -2.59. The molecular formula is C33H41N3O7. The number of amides is 3. The second-order valence-electron chi connectivity index (χ2n) is 12.4. The number of allylic oxidation sites excluding steroid dienone is 1. The summed E-state index contributed by atoms with van der Waals surface area (Å²) < 4.78 is 12.1. The molecule has 0 aromatic heterocycles. The highest BCUT2D eigenvalue weighted by molar-refractivity contribution is 6.00. The van der Waals surface area contributed by atoms with Crippen LogP contribution in [0.25, 0.3) is 0 Å². The van der Waals surface area contributed by atoms with Crippen LogP contribution in [0.5, 0.6) is 0 Å². The number of likely N-dealkylation sites (tertiary alicyclic amines) is 1. The van der Waals surface area contributed by atoms with Crippen LogP contribution in [0.2, 0.25) is 0 Å². The van der Waals surface area contributed by atoms with E-state index in [9.17, 15) is 24.3 Å². The summed E-state index contributed by atoms with van der Waals surface area (Å²) in [6, 6.07) is 6.97. The number of nitrogens with zero attached hydrogens (tertiary/aromatic N) is 2. The molecule has 1 aromatic rings. The summed E-state index contributed by atoms with van der Waals surface area (Å²) in [4.78, 5) is 59.0. The smallest absolute Gasteiger partial charge is 0.306 e. The Hall–Kier alpha value is -3.50. The maximum absolute atomic E-state index is 14.7. The van der Waals surface area contributed by atoms with E-state index >= 15 is 0 Å². The van der Waals surface area contributed by atoms with Gasteiger partial charge >= 0.3 is 5.97 Å². The molecule has 5 bridgehead atoms. The quantitative estimate of drug-likeness (QED) is 0.407. The number of carbonyl (C=O) groups is 4. The maximum atomic E-state index is 14.7. The number of rotatable bonds is 4. The van der Waals surface area contributed by atoms with E-state index in [0.29, 0.717) is 13.0 Å². The summed E-state index contributed by atoms with van der Waals surface area (Å²) in [7, 11) is 0. The first-order valence-corrected chi connectivity index (χ1v) is 15.6. The lowest BCUT2D eigenvalue weighted by Gasteiger charge is -2.41. The Morgan fingerprint density at radius 1 is 1.05 bits per heavy atom. The SMILES string of the molecule is C[C@H](CO)N1C(=O)[C@H]2[C@@H]3C(=O)N[C@H](c4ccccc4)COC(=O)CC/C=C\CN(C4CCCCC4)C(=O)[C@H]1[C@@]21C=C[C@@H]3O1. The minimum atomic E-state index is -1.32. The van der Waals surface area contributed by atoms with Crippen LogP contribution in [0.1, 0.15) is 63.5 Å². The van der Waals surface area contributed by atoms with Crippen molar-refractivity contribution >= 4 is 23.7 Å². The second-order valence-corrected chi connectivity index (χ2v) is 12.4. The molecule has 1 aromatic carbocycles. The Kier molecular flexibility index (Phi) is 8.42. The van der Waals surface area contributed by atoms with E-state index < -0.39 is 47.6 Å². The second kappa shape index (κ2) is 12.2. The molecule has 0 unspecified atom stereocenters. The minimum Gasteiger partial charge on any atom is -0.463 e. The van der Waals surface area contributed by atoms with Crippen molar-refractivity contribution < 1.29 is 33.8 Å². The predicted octanol–water partition coefficient (Wildman–Crippen LogP) is 2.43. The molecule has 0 radical (unpaired) electrons. The van der Waals surface area contributed by atoms with E-state index in [-0.39, 0.29) is 43.5 Å². The summed E-state index contributed by atoms with van der Waals surface area (Å²) in [6.07, 6.45) is 12.2. The van der Waals surface area contributed by atoms with E-state index in [1.165, 1.54) is 4.90 Å². The first-order valence-electron chi connectivity index (χ1n) is 15.6. The zero-order valence-corrected chi connectivity index (χ0v) is 24.6. The van der Waals surface area contributed by atoms with Crippen LogP contribution in [-0.2, 0) is 28.7 Å². The molecular weight excluding hydrogens is 550 g/mol. The van der Waals surface area contributed by atoms with Crippen LogP contribution in [-0.4, -0.2) is 88.2 Å². The molecule has 3 fully saturated rings. The highest BCUT2D eigenvalue weighted by atomic mass is 16.5. The van der Waals surface area contributed by atoms with Gasteiger partial charge in [0.15, 0.2) is 0 Å². The van der Waals surface area contributed by atoms with Gasteiger partial charge in [-0.15, -0.1) is 0 Å². The van der Waals surface area contributed by atoms with Gasteiger partial charge in [0.2, 0.25) is 17.7 Å². The lowest BCUT2D eigenvalue weighted by molar-refractivity contribution is -0.152. The average molecular weight is 592 g/mol. The van der Waals surface area contributed by atoms with Crippen LogP contribution >= 0.6 is 0 Å². The van der Waals surface area contributed by atoms with Gasteiger partial charge in [0, 0.05) is 19.0 Å². The molecule has 1 spiro atoms. The zero-order chi connectivity index (χ0) is 30.1. The van der Waals surface area contributed by atoms with E-state index in [1.54, 1.807) is 19.1 Å². The van der Waals surface area contributed by atoms with Crippen molar-refractivity contribution in [3.8, 4) is 0 Å². The molecule has 6 rings (SSSR count). The standard InChI is InChI=1S/C33H41N3O7/c1-21(19-37)36-29-32(41)35(23-13-7-3-8-14-23)18-10-4-9-15-26(38)42-20-24(22-11-5-2-6-12-22)34-30(39)27-25-16-17-33(29,43-25)28(27)31(36)40/h2,4-6,10-12,16-17,21,23-25,27-29,37H,3,7-9,13-15,18-20H2,1H3,(H,34,39)/b10-4-/t21-,24+,25+,27-,28-,29+,33-/m1/s1. The number of aliphatic hydroxyl groups excluding tert-OH is 1. The molecule has 10 heteroatoms. The third-order valence-corrected chi connectivity index (χ3v) is 9.80. The largest absolute Gasteiger partial charge is 0.463 e. The molecule has 7 atom stereocenters. The average Bonchev–Trinajstić information content (AvgIpc) is 3.68. The van der Waals surface area contributed by atoms with Crippen molar-refractivity contribution in [3.05, 3.63) is 60.2 Å². The Labute approximate surface area is 252 Å². The van der Waals surface area contributed by atoms with Crippen molar-refractivity contribution in [2.45, 2.75) is 87.7 Å². The van der Waals surface area contributed by atoms with Gasteiger partial charge in [0.25, 0.3) is 0 Å². The minimum absolute atomic E-state index is 0.00286. The number of nitrogens with one attached hydrogen (secondary N) is 1. The molecule has 4 heterocycles. The van der Waals surface area contributed by atoms with Crippen molar-refractivity contribution in [1.29, 1.82) is 0 Å². The molecule has 2 saturated heterocycles. The molecule has 2 N–H and O–H groups in total. The molecule has 3 amide bonds. The summed E-state index contributed by atoms with van der Waals surface area (Å²) in [6.45, 7) is 1.67. The number of hydrogen-bond acceptors (Lipinski definition) is 7. The third-order valence-electron chi connectivity index (χ3n) is 9.80. The van der Waals surface area contributed by atoms with Crippen molar-refractivity contribution in [2.75, 3.05) is 19.8 Å². The zero-order valence-electron chi connectivity index (χ0n) is 24.6. The van der Waals surface area contributed by atoms with Crippen LogP contribution in [0.3, 0.4) is 0 Å². The number of esters is 1. The fourth-order valence-corrected chi connectivity index (χ4v) is 7.65. The van der Waals surface area contributed by atoms with Crippen LogP contribution < -0.4 is 5.32 Å². The van der Waals surface area contributed by atoms with Gasteiger partial charge in [-0.05, 0) is 31.7 Å². The normalized spacial score (nSPS) is 35.1. The van der Waals surface area contributed by atoms with Crippen LogP contribution in [0, 0.1) is 11.8 Å². The number of aliphatic hydroxyl groups is 1. The summed E-state index contributed by atoms with van der Waals surface area (Å²) in [5.41, 5.74) is -0.552. The Balaban J connectivity index is 1.41. The Bertz CT molecular complexity index is 1290. The fourth-order valence-electron chi connectivity index (χ4n) is 7.65. The van der Waals surface area contributed by atoms with Gasteiger partial charge in [-0.25, -0.2) is 0 Å². The molecule has 230 valence electrons. The van der Waals surface area contributed by atoms with Gasteiger partial charge in [0.05, 0.1) is 36.6 Å². The van der Waals surface area contributed by atoms with Crippen LogP contribution in [0.4, 0.5) is 0 Å².